The summed E-state index contributed by atoms with van der Waals surface area (Å²) in [6.07, 6.45) is 5.74. The molecular formula is C26H18N5+. The van der Waals surface area contributed by atoms with E-state index in [0.717, 1.165) is 45.9 Å². The van der Waals surface area contributed by atoms with Crippen molar-refractivity contribution in [2.45, 2.75) is 6.54 Å². The van der Waals surface area contributed by atoms with Crippen LogP contribution in [0.25, 0.3) is 45.0 Å². The Morgan fingerprint density at radius 3 is 2.26 bits per heavy atom. The lowest BCUT2D eigenvalue weighted by Gasteiger charge is -2.08. The summed E-state index contributed by atoms with van der Waals surface area (Å²) in [6.45, 7) is 0.813. The molecule has 0 atom stereocenters. The molecule has 5 nitrogen and oxygen atoms in total. The number of benzene rings is 2. The number of hydrogen-bond donors (Lipinski definition) is 0. The van der Waals surface area contributed by atoms with Crippen LogP contribution in [0.2, 0.25) is 0 Å². The van der Waals surface area contributed by atoms with Gasteiger partial charge in [0.25, 0.3) is 11.5 Å². The molecule has 0 bridgehead atoms. The van der Waals surface area contributed by atoms with Crippen LogP contribution < -0.4 is 4.57 Å². The summed E-state index contributed by atoms with van der Waals surface area (Å²) < 4.78 is 7.08. The van der Waals surface area contributed by atoms with Crippen LogP contribution in [0.1, 0.15) is 5.56 Å². The van der Waals surface area contributed by atoms with Gasteiger partial charge in [-0.3, -0.25) is 9.55 Å². The highest BCUT2D eigenvalue weighted by molar-refractivity contribution is 6.03. The Morgan fingerprint density at radius 1 is 0.742 bits per heavy atom. The van der Waals surface area contributed by atoms with Crippen LogP contribution in [-0.4, -0.2) is 19.1 Å². The van der Waals surface area contributed by atoms with Crippen molar-refractivity contribution in [2.75, 3.05) is 0 Å². The standard InChI is InChI=1S/C26H18N5/c1-3-8-19(9-4-1)30-22-12-7-14-28-23(22)24-26(30)31(20-10-5-2-6-11-20)25-21-16-27-15-13-18(21)17-29(24)25/h1-16H,17H2/q+1. The maximum absolute atomic E-state index is 4.83. The lowest BCUT2D eigenvalue weighted by atomic mass is 10.2. The second-order valence-corrected chi connectivity index (χ2v) is 7.83. The number of hydrogen-bond acceptors (Lipinski definition) is 2. The van der Waals surface area contributed by atoms with E-state index in [1.807, 2.05) is 24.7 Å². The third-order valence-corrected chi connectivity index (χ3v) is 6.13. The number of fused-ring (bicyclic) bond motifs is 7. The van der Waals surface area contributed by atoms with Gasteiger partial charge >= 0.3 is 0 Å². The van der Waals surface area contributed by atoms with E-state index in [1.165, 1.54) is 11.1 Å². The highest BCUT2D eigenvalue weighted by Crippen LogP contribution is 2.38. The van der Waals surface area contributed by atoms with E-state index >= 15 is 0 Å². The highest BCUT2D eigenvalue weighted by Gasteiger charge is 2.39. The molecule has 0 aliphatic carbocycles. The molecule has 6 aromatic rings. The van der Waals surface area contributed by atoms with Gasteiger partial charge in [-0.15, -0.1) is 0 Å². The Labute approximate surface area is 178 Å². The van der Waals surface area contributed by atoms with Gasteiger partial charge in [0.05, 0.1) is 11.1 Å². The zero-order chi connectivity index (χ0) is 20.4. The topological polar surface area (TPSA) is 39.5 Å². The van der Waals surface area contributed by atoms with E-state index in [0.29, 0.717) is 0 Å². The highest BCUT2D eigenvalue weighted by atomic mass is 15.3. The van der Waals surface area contributed by atoms with Crippen molar-refractivity contribution < 1.29 is 4.57 Å². The first-order valence-corrected chi connectivity index (χ1v) is 10.4. The summed E-state index contributed by atoms with van der Waals surface area (Å²) in [4.78, 5) is 9.27. The number of imidazole rings is 1. The lowest BCUT2D eigenvalue weighted by Crippen LogP contribution is -2.31. The molecule has 5 heterocycles. The van der Waals surface area contributed by atoms with Gasteiger partial charge in [0.1, 0.15) is 17.7 Å². The van der Waals surface area contributed by atoms with Gasteiger partial charge in [0.15, 0.2) is 0 Å². The SMILES string of the molecule is c1ccc(-n2c3[n+](c4c5ncccc5n(-c5ccccc5)c42)Cc2ccncc2-3)cc1. The Kier molecular flexibility index (Phi) is 3.27. The van der Waals surface area contributed by atoms with Gasteiger partial charge in [-0.05, 0) is 42.5 Å². The Hall–Kier alpha value is -4.25. The monoisotopic (exact) mass is 400 g/mol. The van der Waals surface area contributed by atoms with Crippen molar-refractivity contribution in [2.24, 2.45) is 0 Å². The zero-order valence-electron chi connectivity index (χ0n) is 16.7. The van der Waals surface area contributed by atoms with Gasteiger partial charge < -0.3 is 0 Å². The van der Waals surface area contributed by atoms with Crippen LogP contribution in [0.5, 0.6) is 0 Å². The number of rotatable bonds is 2. The minimum atomic E-state index is 0.813. The van der Waals surface area contributed by atoms with Gasteiger partial charge in [-0.1, -0.05) is 36.4 Å². The number of pyridine rings is 2. The third kappa shape index (κ3) is 2.17. The van der Waals surface area contributed by atoms with E-state index < -0.39 is 0 Å². The Balaban J connectivity index is 1.74. The smallest absolute Gasteiger partial charge is 0.271 e. The molecule has 0 spiro atoms. The predicted molar refractivity (Wildman–Crippen MR) is 120 cm³/mol. The second-order valence-electron chi connectivity index (χ2n) is 7.83. The fraction of sp³-hybridized carbons (Fsp3) is 0.0385. The Bertz CT molecular complexity index is 1590. The summed E-state index contributed by atoms with van der Waals surface area (Å²) >= 11 is 0. The molecule has 1 aliphatic rings. The van der Waals surface area contributed by atoms with E-state index in [1.54, 1.807) is 0 Å². The van der Waals surface area contributed by atoms with Crippen molar-refractivity contribution in [3.8, 4) is 22.8 Å². The minimum absolute atomic E-state index is 0.813. The molecule has 1 aliphatic heterocycles. The fourth-order valence-corrected chi connectivity index (χ4v) is 4.88. The number of nitrogens with zero attached hydrogens (tertiary/aromatic N) is 5. The van der Waals surface area contributed by atoms with Crippen LogP contribution in [0, 0.1) is 0 Å². The largest absolute Gasteiger partial charge is 0.298 e. The molecule has 0 radical (unpaired) electrons. The van der Waals surface area contributed by atoms with Crippen LogP contribution in [0.4, 0.5) is 0 Å². The van der Waals surface area contributed by atoms with Crippen LogP contribution in [-0.2, 0) is 6.54 Å². The molecule has 0 unspecified atom stereocenters. The molecule has 0 saturated heterocycles. The van der Waals surface area contributed by atoms with Crippen LogP contribution in [0.15, 0.2) is 97.5 Å². The quantitative estimate of drug-likeness (QED) is 0.395. The molecule has 0 N–H and O–H groups in total. The molecule has 0 amide bonds. The lowest BCUT2D eigenvalue weighted by molar-refractivity contribution is -0.645. The van der Waals surface area contributed by atoms with E-state index in [9.17, 15) is 0 Å². The van der Waals surface area contributed by atoms with Gasteiger partial charge in [0, 0.05) is 29.8 Å². The maximum atomic E-state index is 4.83. The molecule has 2 aromatic carbocycles. The van der Waals surface area contributed by atoms with E-state index in [2.05, 4.69) is 91.5 Å². The van der Waals surface area contributed by atoms with Crippen molar-refractivity contribution in [3.05, 3.63) is 103 Å². The second kappa shape index (κ2) is 6.12. The first-order valence-electron chi connectivity index (χ1n) is 10.4. The summed E-state index contributed by atoms with van der Waals surface area (Å²) in [5, 5.41) is 0. The van der Waals surface area contributed by atoms with Gasteiger partial charge in [-0.25, -0.2) is 9.55 Å². The molecule has 0 saturated carbocycles. The average molecular weight is 400 g/mol. The van der Waals surface area contributed by atoms with E-state index in [4.69, 9.17) is 4.98 Å². The minimum Gasteiger partial charge on any atom is -0.271 e. The number of para-hydroxylation sites is 2. The molecular weight excluding hydrogens is 382 g/mol. The fourth-order valence-electron chi connectivity index (χ4n) is 4.88. The zero-order valence-corrected chi connectivity index (χ0v) is 16.7. The average Bonchev–Trinajstić information content (AvgIpc) is 3.46. The molecule has 31 heavy (non-hydrogen) atoms. The first kappa shape index (κ1) is 16.5. The first-order chi connectivity index (χ1) is 15.4. The van der Waals surface area contributed by atoms with E-state index in [-0.39, 0.29) is 0 Å². The van der Waals surface area contributed by atoms with Crippen LogP contribution in [0.3, 0.4) is 0 Å². The molecule has 146 valence electrons. The summed E-state index contributed by atoms with van der Waals surface area (Å²) in [6, 6.07) is 27.4. The van der Waals surface area contributed by atoms with Crippen molar-refractivity contribution >= 4 is 22.2 Å². The summed E-state index contributed by atoms with van der Waals surface area (Å²) in [5.41, 5.74) is 9.09. The third-order valence-electron chi connectivity index (χ3n) is 6.13. The Morgan fingerprint density at radius 2 is 1.48 bits per heavy atom. The predicted octanol–water partition coefficient (Wildman–Crippen LogP) is 4.68. The molecule has 0 fully saturated rings. The van der Waals surface area contributed by atoms with Crippen molar-refractivity contribution in [1.29, 1.82) is 0 Å². The van der Waals surface area contributed by atoms with Crippen LogP contribution >= 0.6 is 0 Å². The van der Waals surface area contributed by atoms with Gasteiger partial charge in [0.2, 0.25) is 5.52 Å². The molecule has 4 aromatic heterocycles. The van der Waals surface area contributed by atoms with Crippen molar-refractivity contribution in [1.82, 2.24) is 19.1 Å². The number of aromatic nitrogens is 5. The normalized spacial score (nSPS) is 12.4. The summed E-state index contributed by atoms with van der Waals surface area (Å²) in [5.74, 6) is 1.15. The van der Waals surface area contributed by atoms with Gasteiger partial charge in [-0.2, -0.15) is 4.57 Å². The molecule has 7 rings (SSSR count). The maximum Gasteiger partial charge on any atom is 0.298 e. The molecule has 5 heteroatoms. The van der Waals surface area contributed by atoms with Crippen molar-refractivity contribution in [3.63, 3.8) is 0 Å². The summed E-state index contributed by atoms with van der Waals surface area (Å²) in [7, 11) is 0.